The third-order valence-corrected chi connectivity index (χ3v) is 2.58. The molecule has 1 aliphatic rings. The highest BCUT2D eigenvalue weighted by Crippen LogP contribution is 2.28. The molecule has 1 N–H and O–H groups in total. The Morgan fingerprint density at radius 2 is 1.92 bits per heavy atom. The fourth-order valence-electron chi connectivity index (χ4n) is 1.86. The van der Waals surface area contributed by atoms with E-state index in [-0.39, 0.29) is 6.10 Å². The van der Waals surface area contributed by atoms with Gasteiger partial charge in [0.15, 0.2) is 0 Å². The maximum atomic E-state index is 9.45. The van der Waals surface area contributed by atoms with Crippen LogP contribution in [0.4, 0.5) is 0 Å². The van der Waals surface area contributed by atoms with Crippen molar-refractivity contribution in [1.29, 1.82) is 0 Å². The van der Waals surface area contributed by atoms with E-state index in [2.05, 4.69) is 30.3 Å². The molecule has 0 saturated carbocycles. The van der Waals surface area contributed by atoms with Gasteiger partial charge in [-0.25, -0.2) is 0 Å². The maximum Gasteiger partial charge on any atom is 0.0726 e. The van der Waals surface area contributed by atoms with Gasteiger partial charge in [0.05, 0.1) is 6.10 Å². The van der Waals surface area contributed by atoms with E-state index in [9.17, 15) is 5.11 Å². The first-order valence-corrected chi connectivity index (χ1v) is 4.76. The molecule has 1 aromatic rings. The van der Waals surface area contributed by atoms with Crippen molar-refractivity contribution in [2.75, 3.05) is 0 Å². The smallest absolute Gasteiger partial charge is 0.0726 e. The van der Waals surface area contributed by atoms with Gasteiger partial charge in [0.2, 0.25) is 0 Å². The summed E-state index contributed by atoms with van der Waals surface area (Å²) in [5.74, 6) is 0.501. The topological polar surface area (TPSA) is 20.2 Å². The van der Waals surface area contributed by atoms with E-state index < -0.39 is 0 Å². The van der Waals surface area contributed by atoms with Crippen LogP contribution in [0.1, 0.15) is 24.3 Å². The summed E-state index contributed by atoms with van der Waals surface area (Å²) in [6.45, 7) is 0. The lowest BCUT2D eigenvalue weighted by Crippen LogP contribution is -2.13. The highest BCUT2D eigenvalue weighted by Gasteiger charge is 2.16. The Hall–Kier alpha value is -1.08. The fraction of sp³-hybridized carbons (Fsp3) is 0.333. The normalized spacial score (nSPS) is 27.5. The summed E-state index contributed by atoms with van der Waals surface area (Å²) in [7, 11) is 0. The van der Waals surface area contributed by atoms with Gasteiger partial charge in [0.25, 0.3) is 0 Å². The van der Waals surface area contributed by atoms with Crippen LogP contribution in [0.25, 0.3) is 0 Å². The van der Waals surface area contributed by atoms with E-state index >= 15 is 0 Å². The van der Waals surface area contributed by atoms with Gasteiger partial charge < -0.3 is 5.11 Å². The Labute approximate surface area is 78.7 Å². The van der Waals surface area contributed by atoms with Crippen LogP contribution >= 0.6 is 0 Å². The summed E-state index contributed by atoms with van der Waals surface area (Å²) in [6.07, 6.45) is 5.63. The Morgan fingerprint density at radius 3 is 2.62 bits per heavy atom. The molecule has 0 radical (unpaired) electrons. The highest BCUT2D eigenvalue weighted by atomic mass is 16.3. The van der Waals surface area contributed by atoms with Gasteiger partial charge in [0, 0.05) is 0 Å². The first-order chi connectivity index (χ1) is 6.36. The number of hydrogen-bond donors (Lipinski definition) is 1. The second-order valence-corrected chi connectivity index (χ2v) is 3.57. The molecule has 0 saturated heterocycles. The van der Waals surface area contributed by atoms with Gasteiger partial charge in [-0.05, 0) is 24.3 Å². The van der Waals surface area contributed by atoms with Crippen molar-refractivity contribution in [3.63, 3.8) is 0 Å². The fourth-order valence-corrected chi connectivity index (χ4v) is 1.86. The average Bonchev–Trinajstić information content (AvgIpc) is 2.19. The molecule has 0 amide bonds. The van der Waals surface area contributed by atoms with E-state index in [1.165, 1.54) is 5.56 Å². The van der Waals surface area contributed by atoms with Gasteiger partial charge in [-0.2, -0.15) is 0 Å². The molecule has 13 heavy (non-hydrogen) atoms. The Bertz CT molecular complexity index is 289. The standard InChI is InChI=1S/C12H14O/c13-12-8-4-7-11(9-12)10-5-2-1-3-6-10/h1-6,8,11-13H,7,9H2. The van der Waals surface area contributed by atoms with E-state index in [1.54, 1.807) is 0 Å². The quantitative estimate of drug-likeness (QED) is 0.648. The van der Waals surface area contributed by atoms with Crippen molar-refractivity contribution >= 4 is 0 Å². The van der Waals surface area contributed by atoms with Gasteiger partial charge in [-0.3, -0.25) is 0 Å². The number of hydrogen-bond acceptors (Lipinski definition) is 1. The average molecular weight is 174 g/mol. The van der Waals surface area contributed by atoms with Crippen molar-refractivity contribution in [3.8, 4) is 0 Å². The lowest BCUT2D eigenvalue weighted by atomic mass is 9.87. The van der Waals surface area contributed by atoms with Crippen LogP contribution in [0.5, 0.6) is 0 Å². The molecule has 2 atom stereocenters. The van der Waals surface area contributed by atoms with Gasteiger partial charge in [0.1, 0.15) is 0 Å². The molecule has 1 aromatic carbocycles. The SMILES string of the molecule is OC1C=CCC(c2ccccc2)C1. The molecule has 0 bridgehead atoms. The zero-order valence-electron chi connectivity index (χ0n) is 7.56. The monoisotopic (exact) mass is 174 g/mol. The summed E-state index contributed by atoms with van der Waals surface area (Å²) < 4.78 is 0. The predicted molar refractivity (Wildman–Crippen MR) is 53.6 cm³/mol. The first-order valence-electron chi connectivity index (χ1n) is 4.76. The van der Waals surface area contributed by atoms with Crippen LogP contribution in [0, 0.1) is 0 Å². The summed E-state index contributed by atoms with van der Waals surface area (Å²) in [5.41, 5.74) is 1.34. The van der Waals surface area contributed by atoms with Gasteiger partial charge in [-0.1, -0.05) is 42.5 Å². The molecule has 0 fully saturated rings. The minimum Gasteiger partial charge on any atom is -0.389 e. The van der Waals surface area contributed by atoms with Crippen molar-refractivity contribution in [2.45, 2.75) is 24.9 Å². The molecule has 1 aliphatic carbocycles. The van der Waals surface area contributed by atoms with Crippen LogP contribution in [0.2, 0.25) is 0 Å². The molecule has 68 valence electrons. The zero-order chi connectivity index (χ0) is 9.10. The summed E-state index contributed by atoms with van der Waals surface area (Å²) in [4.78, 5) is 0. The molecule has 0 spiro atoms. The van der Waals surface area contributed by atoms with Gasteiger partial charge in [-0.15, -0.1) is 0 Å². The van der Waals surface area contributed by atoms with E-state index in [0.29, 0.717) is 5.92 Å². The van der Waals surface area contributed by atoms with Gasteiger partial charge >= 0.3 is 0 Å². The maximum absolute atomic E-state index is 9.45. The third kappa shape index (κ3) is 1.99. The predicted octanol–water partition coefficient (Wildman–Crippen LogP) is 2.48. The number of aliphatic hydroxyl groups excluding tert-OH is 1. The molecular formula is C12H14O. The first kappa shape index (κ1) is 8.52. The number of aliphatic hydroxyl groups is 1. The highest BCUT2D eigenvalue weighted by molar-refractivity contribution is 5.22. The molecule has 2 rings (SSSR count). The van der Waals surface area contributed by atoms with E-state index in [0.717, 1.165) is 12.8 Å². The Morgan fingerprint density at radius 1 is 1.15 bits per heavy atom. The van der Waals surface area contributed by atoms with Crippen LogP contribution in [0.15, 0.2) is 42.5 Å². The van der Waals surface area contributed by atoms with Crippen molar-refractivity contribution in [2.24, 2.45) is 0 Å². The second-order valence-electron chi connectivity index (χ2n) is 3.57. The molecule has 0 heterocycles. The second kappa shape index (κ2) is 3.75. The van der Waals surface area contributed by atoms with Crippen LogP contribution in [-0.4, -0.2) is 11.2 Å². The molecule has 1 nitrogen and oxygen atoms in total. The van der Waals surface area contributed by atoms with Crippen LogP contribution in [-0.2, 0) is 0 Å². The molecule has 2 unspecified atom stereocenters. The van der Waals surface area contributed by atoms with E-state index in [1.807, 2.05) is 12.1 Å². The van der Waals surface area contributed by atoms with Crippen LogP contribution in [0.3, 0.4) is 0 Å². The minimum atomic E-state index is -0.251. The summed E-state index contributed by atoms with van der Waals surface area (Å²) in [5, 5.41) is 9.45. The minimum absolute atomic E-state index is 0.251. The van der Waals surface area contributed by atoms with Crippen LogP contribution < -0.4 is 0 Å². The lowest BCUT2D eigenvalue weighted by molar-refractivity contribution is 0.195. The Balaban J connectivity index is 2.15. The lowest BCUT2D eigenvalue weighted by Gasteiger charge is -2.21. The summed E-state index contributed by atoms with van der Waals surface area (Å²) >= 11 is 0. The molecule has 1 heteroatoms. The number of benzene rings is 1. The van der Waals surface area contributed by atoms with Crippen molar-refractivity contribution in [1.82, 2.24) is 0 Å². The number of allylic oxidation sites excluding steroid dienone is 1. The molecule has 0 aliphatic heterocycles. The molecule has 0 aromatic heterocycles. The van der Waals surface area contributed by atoms with Crippen molar-refractivity contribution in [3.05, 3.63) is 48.0 Å². The van der Waals surface area contributed by atoms with Crippen molar-refractivity contribution < 1.29 is 5.11 Å². The van der Waals surface area contributed by atoms with E-state index in [4.69, 9.17) is 0 Å². The number of rotatable bonds is 1. The third-order valence-electron chi connectivity index (χ3n) is 2.58. The Kier molecular flexibility index (Phi) is 2.46. The largest absolute Gasteiger partial charge is 0.389 e. The summed E-state index contributed by atoms with van der Waals surface area (Å²) in [6, 6.07) is 10.4. The molecular weight excluding hydrogens is 160 g/mol. The zero-order valence-corrected chi connectivity index (χ0v) is 7.56.